The molecule has 0 bridgehead atoms. The van der Waals surface area contributed by atoms with Gasteiger partial charge in [-0.15, -0.1) is 0 Å². The summed E-state index contributed by atoms with van der Waals surface area (Å²) < 4.78 is 7.00. The number of amides is 1. The lowest BCUT2D eigenvalue weighted by molar-refractivity contribution is -0.131. The third kappa shape index (κ3) is 3.25. The zero-order valence-electron chi connectivity index (χ0n) is 11.4. The minimum atomic E-state index is -0.249. The van der Waals surface area contributed by atoms with Gasteiger partial charge in [-0.05, 0) is 31.2 Å². The van der Waals surface area contributed by atoms with Gasteiger partial charge in [0, 0.05) is 32.0 Å². The Hall–Kier alpha value is -1.69. The van der Waals surface area contributed by atoms with E-state index in [0.29, 0.717) is 13.1 Å². The molecule has 108 valence electrons. The Morgan fingerprint density at radius 1 is 1.40 bits per heavy atom. The maximum Gasteiger partial charge on any atom is 0.267 e. The topological polar surface area (TPSA) is 64.4 Å². The molecule has 6 nitrogen and oxygen atoms in total. The van der Waals surface area contributed by atoms with Crippen molar-refractivity contribution in [1.29, 1.82) is 0 Å². The summed E-state index contributed by atoms with van der Waals surface area (Å²) in [5.74, 6) is 0.676. The summed E-state index contributed by atoms with van der Waals surface area (Å²) in [4.78, 5) is 25.4. The molecule has 1 unspecified atom stereocenters. The van der Waals surface area contributed by atoms with E-state index in [2.05, 4.69) is 5.10 Å². The minimum Gasteiger partial charge on any atom is -0.376 e. The van der Waals surface area contributed by atoms with Crippen molar-refractivity contribution in [3.63, 3.8) is 0 Å². The Balaban J connectivity index is 1.50. The second kappa shape index (κ2) is 5.75. The van der Waals surface area contributed by atoms with Crippen molar-refractivity contribution in [2.45, 2.75) is 31.9 Å². The van der Waals surface area contributed by atoms with Crippen molar-refractivity contribution in [1.82, 2.24) is 14.7 Å². The second-order valence-corrected chi connectivity index (χ2v) is 5.55. The zero-order chi connectivity index (χ0) is 13.9. The van der Waals surface area contributed by atoms with E-state index in [0.717, 1.165) is 18.9 Å². The first-order chi connectivity index (χ1) is 9.72. The molecule has 0 N–H and O–H groups in total. The van der Waals surface area contributed by atoms with Gasteiger partial charge in [0.15, 0.2) is 0 Å². The van der Waals surface area contributed by atoms with E-state index >= 15 is 0 Å². The van der Waals surface area contributed by atoms with Crippen LogP contribution < -0.4 is 5.56 Å². The maximum atomic E-state index is 12.1. The lowest BCUT2D eigenvalue weighted by Crippen LogP contribution is -2.36. The molecule has 2 aliphatic rings. The number of carbonyl (C=O) groups excluding carboxylic acids is 1. The molecule has 0 spiro atoms. The van der Waals surface area contributed by atoms with Crippen molar-refractivity contribution in [2.24, 2.45) is 5.92 Å². The predicted molar refractivity (Wildman–Crippen MR) is 72.2 cm³/mol. The van der Waals surface area contributed by atoms with Crippen LogP contribution >= 0.6 is 0 Å². The number of likely N-dealkylation sites (tertiary alicyclic amines) is 1. The summed E-state index contributed by atoms with van der Waals surface area (Å²) in [5, 5.41) is 3.90. The van der Waals surface area contributed by atoms with E-state index < -0.39 is 0 Å². The largest absolute Gasteiger partial charge is 0.376 e. The third-order valence-electron chi connectivity index (χ3n) is 3.83. The molecule has 1 aliphatic carbocycles. The van der Waals surface area contributed by atoms with Crippen LogP contribution in [0.2, 0.25) is 0 Å². The van der Waals surface area contributed by atoms with Gasteiger partial charge < -0.3 is 9.64 Å². The van der Waals surface area contributed by atoms with Crippen LogP contribution in [-0.4, -0.2) is 46.4 Å². The Morgan fingerprint density at radius 2 is 2.25 bits per heavy atom. The average molecular weight is 277 g/mol. The highest BCUT2D eigenvalue weighted by Gasteiger charge is 2.29. The molecule has 1 saturated carbocycles. The number of nitrogens with zero attached hydrogens (tertiary/aromatic N) is 3. The maximum absolute atomic E-state index is 12.1. The quantitative estimate of drug-likeness (QED) is 0.775. The van der Waals surface area contributed by atoms with Gasteiger partial charge in [0.25, 0.3) is 5.56 Å². The van der Waals surface area contributed by atoms with Gasteiger partial charge in [0.05, 0.1) is 6.10 Å². The van der Waals surface area contributed by atoms with Gasteiger partial charge in [-0.3, -0.25) is 9.59 Å². The van der Waals surface area contributed by atoms with Crippen molar-refractivity contribution in [3.05, 3.63) is 28.7 Å². The Labute approximate surface area is 117 Å². The van der Waals surface area contributed by atoms with E-state index in [1.54, 1.807) is 11.0 Å². The number of hydrogen-bond acceptors (Lipinski definition) is 4. The summed E-state index contributed by atoms with van der Waals surface area (Å²) in [6, 6.07) is 2.98. The molecule has 1 saturated heterocycles. The number of hydrogen-bond donors (Lipinski definition) is 0. The van der Waals surface area contributed by atoms with E-state index in [1.807, 2.05) is 0 Å². The number of ether oxygens (including phenoxy) is 1. The van der Waals surface area contributed by atoms with E-state index in [4.69, 9.17) is 4.74 Å². The molecular formula is C14H19N3O3. The standard InChI is InChI=1S/C14H19N3O3/c18-13-2-1-6-15-17(13)9-14(19)16-7-5-12(8-16)20-10-11-3-4-11/h1-2,6,11-12H,3-5,7-10H2. The van der Waals surface area contributed by atoms with Crippen LogP contribution in [0.25, 0.3) is 0 Å². The zero-order valence-corrected chi connectivity index (χ0v) is 11.4. The summed E-state index contributed by atoms with van der Waals surface area (Å²) in [5.41, 5.74) is -0.249. The SMILES string of the molecule is O=C(Cn1ncccc1=O)N1CCC(OCC2CC2)C1. The summed E-state index contributed by atoms with van der Waals surface area (Å²) in [7, 11) is 0. The first-order valence-corrected chi connectivity index (χ1v) is 7.14. The van der Waals surface area contributed by atoms with Crippen LogP contribution in [-0.2, 0) is 16.1 Å². The molecule has 6 heteroatoms. The summed E-state index contributed by atoms with van der Waals surface area (Å²) in [6.45, 7) is 2.17. The lowest BCUT2D eigenvalue weighted by atomic mass is 10.3. The van der Waals surface area contributed by atoms with Crippen LogP contribution in [0.15, 0.2) is 23.1 Å². The first kappa shape index (κ1) is 13.3. The molecule has 1 aromatic rings. The van der Waals surface area contributed by atoms with Crippen LogP contribution in [0.4, 0.5) is 0 Å². The highest BCUT2D eigenvalue weighted by molar-refractivity contribution is 5.76. The monoisotopic (exact) mass is 277 g/mol. The Bertz CT molecular complexity index is 538. The summed E-state index contributed by atoms with van der Waals surface area (Å²) >= 11 is 0. The van der Waals surface area contributed by atoms with Crippen LogP contribution in [0.3, 0.4) is 0 Å². The first-order valence-electron chi connectivity index (χ1n) is 7.14. The number of aromatic nitrogens is 2. The fourth-order valence-corrected chi connectivity index (χ4v) is 2.38. The van der Waals surface area contributed by atoms with Crippen LogP contribution in [0.5, 0.6) is 0 Å². The smallest absolute Gasteiger partial charge is 0.267 e. The molecule has 0 radical (unpaired) electrons. The second-order valence-electron chi connectivity index (χ2n) is 5.55. The Kier molecular flexibility index (Phi) is 3.82. The fraction of sp³-hybridized carbons (Fsp3) is 0.643. The third-order valence-corrected chi connectivity index (χ3v) is 3.83. The van der Waals surface area contributed by atoms with E-state index in [1.165, 1.54) is 29.8 Å². The van der Waals surface area contributed by atoms with Gasteiger partial charge in [0.2, 0.25) is 5.91 Å². The highest BCUT2D eigenvalue weighted by atomic mass is 16.5. The number of carbonyl (C=O) groups is 1. The van der Waals surface area contributed by atoms with Gasteiger partial charge >= 0.3 is 0 Å². The molecular weight excluding hydrogens is 258 g/mol. The van der Waals surface area contributed by atoms with E-state index in [-0.39, 0.29) is 24.1 Å². The predicted octanol–water partition coefficient (Wildman–Crippen LogP) is 0.271. The van der Waals surface area contributed by atoms with Crippen molar-refractivity contribution in [3.8, 4) is 0 Å². The molecule has 1 aliphatic heterocycles. The average Bonchev–Trinajstić information content (AvgIpc) is 3.15. The van der Waals surface area contributed by atoms with Crippen LogP contribution in [0.1, 0.15) is 19.3 Å². The van der Waals surface area contributed by atoms with E-state index in [9.17, 15) is 9.59 Å². The van der Waals surface area contributed by atoms with Crippen molar-refractivity contribution < 1.29 is 9.53 Å². The highest BCUT2D eigenvalue weighted by Crippen LogP contribution is 2.29. The number of rotatable bonds is 5. The summed E-state index contributed by atoms with van der Waals surface area (Å²) in [6.07, 6.45) is 5.10. The minimum absolute atomic E-state index is 0.00895. The molecule has 20 heavy (non-hydrogen) atoms. The van der Waals surface area contributed by atoms with Crippen molar-refractivity contribution >= 4 is 5.91 Å². The van der Waals surface area contributed by atoms with Gasteiger partial charge in [-0.1, -0.05) is 0 Å². The Morgan fingerprint density at radius 3 is 3.00 bits per heavy atom. The van der Waals surface area contributed by atoms with Crippen LogP contribution in [0, 0.1) is 5.92 Å². The molecule has 3 rings (SSSR count). The van der Waals surface area contributed by atoms with Crippen molar-refractivity contribution in [2.75, 3.05) is 19.7 Å². The molecule has 0 aromatic carbocycles. The lowest BCUT2D eigenvalue weighted by Gasteiger charge is -2.17. The van der Waals surface area contributed by atoms with Gasteiger partial charge in [0.1, 0.15) is 6.54 Å². The molecule has 1 aromatic heterocycles. The molecule has 2 heterocycles. The van der Waals surface area contributed by atoms with Gasteiger partial charge in [-0.2, -0.15) is 5.10 Å². The fourth-order valence-electron chi connectivity index (χ4n) is 2.38. The molecule has 2 fully saturated rings. The van der Waals surface area contributed by atoms with Gasteiger partial charge in [-0.25, -0.2) is 4.68 Å². The molecule has 1 atom stereocenters. The molecule has 1 amide bonds. The normalized spacial score (nSPS) is 22.2.